The van der Waals surface area contributed by atoms with Crippen LogP contribution in [0.25, 0.3) is 11.6 Å². The number of fused-ring (bicyclic) bond motifs is 1. The number of rotatable bonds is 2. The van der Waals surface area contributed by atoms with Gasteiger partial charge in [-0.3, -0.25) is 4.79 Å². The maximum Gasteiger partial charge on any atom is 0.256 e. The molecule has 2 aliphatic rings. The number of hydrogen-bond acceptors (Lipinski definition) is 4. The van der Waals surface area contributed by atoms with E-state index < -0.39 is 0 Å². The first-order valence-electron chi connectivity index (χ1n) is 7.72. The quantitative estimate of drug-likeness (QED) is 0.866. The normalized spacial score (nSPS) is 18.9. The molecule has 1 aromatic carbocycles. The van der Waals surface area contributed by atoms with Crippen molar-refractivity contribution in [2.45, 2.75) is 0 Å². The van der Waals surface area contributed by atoms with Crippen molar-refractivity contribution in [1.82, 2.24) is 4.98 Å². The Morgan fingerprint density at radius 2 is 1.96 bits per heavy atom. The van der Waals surface area contributed by atoms with Gasteiger partial charge in [-0.15, -0.1) is 0 Å². The van der Waals surface area contributed by atoms with Gasteiger partial charge in [0.25, 0.3) is 5.91 Å². The summed E-state index contributed by atoms with van der Waals surface area (Å²) < 4.78 is 5.36. The van der Waals surface area contributed by atoms with E-state index in [9.17, 15) is 4.79 Å². The van der Waals surface area contributed by atoms with Crippen LogP contribution in [0.15, 0.2) is 42.6 Å². The van der Waals surface area contributed by atoms with Crippen LogP contribution in [-0.2, 0) is 9.53 Å². The van der Waals surface area contributed by atoms with Crippen LogP contribution in [-0.4, -0.2) is 37.2 Å². The fourth-order valence-corrected chi connectivity index (χ4v) is 2.91. The van der Waals surface area contributed by atoms with E-state index >= 15 is 0 Å². The second-order valence-electron chi connectivity index (χ2n) is 5.61. The Bertz CT molecular complexity index is 762. The van der Waals surface area contributed by atoms with E-state index in [-0.39, 0.29) is 5.91 Å². The van der Waals surface area contributed by atoms with Crippen molar-refractivity contribution in [3.8, 4) is 0 Å². The van der Waals surface area contributed by atoms with Crippen LogP contribution < -0.4 is 10.2 Å². The summed E-state index contributed by atoms with van der Waals surface area (Å²) in [4.78, 5) is 18.9. The number of morpholine rings is 1. The molecule has 23 heavy (non-hydrogen) atoms. The first-order chi connectivity index (χ1) is 11.3. The minimum absolute atomic E-state index is 0.0662. The first kappa shape index (κ1) is 14.0. The zero-order valence-corrected chi connectivity index (χ0v) is 12.7. The number of carbonyl (C=O) groups excluding carboxylic acids is 1. The van der Waals surface area contributed by atoms with Crippen molar-refractivity contribution in [3.63, 3.8) is 0 Å². The number of aromatic nitrogens is 1. The predicted molar refractivity (Wildman–Crippen MR) is 90.2 cm³/mol. The van der Waals surface area contributed by atoms with Gasteiger partial charge >= 0.3 is 0 Å². The molecular formula is C18H17N3O2. The molecule has 1 N–H and O–H groups in total. The number of benzene rings is 1. The van der Waals surface area contributed by atoms with Crippen molar-refractivity contribution in [2.75, 3.05) is 36.5 Å². The van der Waals surface area contributed by atoms with Gasteiger partial charge in [-0.05, 0) is 29.8 Å². The minimum Gasteiger partial charge on any atom is -0.378 e. The van der Waals surface area contributed by atoms with Gasteiger partial charge in [0, 0.05) is 36.1 Å². The third-order valence-electron chi connectivity index (χ3n) is 4.13. The Kier molecular flexibility index (Phi) is 3.55. The molecule has 0 saturated carbocycles. The lowest BCUT2D eigenvalue weighted by molar-refractivity contribution is -0.110. The predicted octanol–water partition coefficient (Wildman–Crippen LogP) is 2.41. The van der Waals surface area contributed by atoms with Crippen molar-refractivity contribution >= 4 is 29.1 Å². The van der Waals surface area contributed by atoms with Gasteiger partial charge in [-0.2, -0.15) is 0 Å². The molecule has 1 fully saturated rings. The third-order valence-corrected chi connectivity index (χ3v) is 4.13. The molecule has 0 bridgehead atoms. The zero-order valence-electron chi connectivity index (χ0n) is 12.7. The standard InChI is InChI=1S/C18H17N3O2/c22-18-15(14-3-1-2-4-16(14)20-18)11-13-5-6-17(19-12-13)21-7-9-23-10-8-21/h1-6,11-12H,7-10H2,(H,20,22). The average Bonchev–Trinajstić information content (AvgIpc) is 2.92. The summed E-state index contributed by atoms with van der Waals surface area (Å²) >= 11 is 0. The van der Waals surface area contributed by atoms with E-state index in [2.05, 4.69) is 15.2 Å². The number of para-hydroxylation sites is 1. The number of nitrogens with zero attached hydrogens (tertiary/aromatic N) is 2. The summed E-state index contributed by atoms with van der Waals surface area (Å²) in [5.74, 6) is 0.884. The van der Waals surface area contributed by atoms with Gasteiger partial charge in [-0.1, -0.05) is 18.2 Å². The van der Waals surface area contributed by atoms with Crippen molar-refractivity contribution in [3.05, 3.63) is 53.7 Å². The number of hydrogen-bond donors (Lipinski definition) is 1. The molecule has 2 aromatic rings. The van der Waals surface area contributed by atoms with Gasteiger partial charge in [0.05, 0.1) is 13.2 Å². The molecule has 116 valence electrons. The summed E-state index contributed by atoms with van der Waals surface area (Å²) in [6.07, 6.45) is 3.70. The van der Waals surface area contributed by atoms with Crippen LogP contribution in [0.3, 0.4) is 0 Å². The van der Waals surface area contributed by atoms with Crippen LogP contribution in [0.1, 0.15) is 11.1 Å². The van der Waals surface area contributed by atoms with Gasteiger partial charge < -0.3 is 15.0 Å². The van der Waals surface area contributed by atoms with Gasteiger partial charge in [-0.25, -0.2) is 4.98 Å². The molecule has 1 amide bonds. The van der Waals surface area contributed by atoms with Crippen molar-refractivity contribution < 1.29 is 9.53 Å². The van der Waals surface area contributed by atoms with Crippen molar-refractivity contribution in [1.29, 1.82) is 0 Å². The number of carbonyl (C=O) groups is 1. The van der Waals surface area contributed by atoms with E-state index in [1.165, 1.54) is 0 Å². The summed E-state index contributed by atoms with van der Waals surface area (Å²) in [7, 11) is 0. The SMILES string of the molecule is O=C1Nc2ccccc2C1=Cc1ccc(N2CCOCC2)nc1. The van der Waals surface area contributed by atoms with Gasteiger partial charge in [0.2, 0.25) is 0 Å². The molecule has 0 aliphatic carbocycles. The average molecular weight is 307 g/mol. The molecule has 5 nitrogen and oxygen atoms in total. The molecule has 1 aromatic heterocycles. The molecule has 0 spiro atoms. The van der Waals surface area contributed by atoms with E-state index in [0.29, 0.717) is 5.57 Å². The van der Waals surface area contributed by atoms with Crippen molar-refractivity contribution in [2.24, 2.45) is 0 Å². The van der Waals surface area contributed by atoms with E-state index in [1.807, 2.05) is 48.7 Å². The van der Waals surface area contributed by atoms with E-state index in [0.717, 1.165) is 48.9 Å². The fourth-order valence-electron chi connectivity index (χ4n) is 2.91. The van der Waals surface area contributed by atoms with Crippen LogP contribution in [0, 0.1) is 0 Å². The maximum atomic E-state index is 12.1. The number of ether oxygens (including phenoxy) is 1. The Morgan fingerprint density at radius 1 is 1.13 bits per heavy atom. The Morgan fingerprint density at radius 3 is 2.74 bits per heavy atom. The smallest absolute Gasteiger partial charge is 0.256 e. The molecule has 0 unspecified atom stereocenters. The highest BCUT2D eigenvalue weighted by Gasteiger charge is 2.23. The molecule has 0 atom stereocenters. The lowest BCUT2D eigenvalue weighted by atomic mass is 10.0. The Hall–Kier alpha value is -2.66. The van der Waals surface area contributed by atoms with Crippen LogP contribution in [0.5, 0.6) is 0 Å². The molecule has 3 heterocycles. The van der Waals surface area contributed by atoms with Gasteiger partial charge in [0.15, 0.2) is 0 Å². The van der Waals surface area contributed by atoms with Crippen LogP contribution in [0.4, 0.5) is 11.5 Å². The highest BCUT2D eigenvalue weighted by Crippen LogP contribution is 2.32. The minimum atomic E-state index is -0.0662. The molecule has 2 aliphatic heterocycles. The summed E-state index contributed by atoms with van der Waals surface area (Å²) in [6.45, 7) is 3.21. The highest BCUT2D eigenvalue weighted by molar-refractivity contribution is 6.34. The summed E-state index contributed by atoms with van der Waals surface area (Å²) in [5, 5.41) is 2.88. The number of amides is 1. The second kappa shape index (κ2) is 5.85. The topological polar surface area (TPSA) is 54.5 Å². The monoisotopic (exact) mass is 307 g/mol. The molecule has 1 saturated heterocycles. The molecule has 5 heteroatoms. The lowest BCUT2D eigenvalue weighted by Crippen LogP contribution is -2.36. The second-order valence-corrected chi connectivity index (χ2v) is 5.61. The number of pyridine rings is 1. The molecule has 4 rings (SSSR count). The van der Waals surface area contributed by atoms with Gasteiger partial charge in [0.1, 0.15) is 5.82 Å². The highest BCUT2D eigenvalue weighted by atomic mass is 16.5. The lowest BCUT2D eigenvalue weighted by Gasteiger charge is -2.27. The Labute approximate surface area is 134 Å². The van der Waals surface area contributed by atoms with Crippen LogP contribution in [0.2, 0.25) is 0 Å². The van der Waals surface area contributed by atoms with E-state index in [4.69, 9.17) is 4.74 Å². The molecule has 0 radical (unpaired) electrons. The largest absolute Gasteiger partial charge is 0.378 e. The molecular weight excluding hydrogens is 290 g/mol. The maximum absolute atomic E-state index is 12.1. The van der Waals surface area contributed by atoms with Crippen LogP contribution >= 0.6 is 0 Å². The first-order valence-corrected chi connectivity index (χ1v) is 7.72. The summed E-state index contributed by atoms with van der Waals surface area (Å²) in [5.41, 5.74) is 3.40. The Balaban J connectivity index is 1.60. The number of anilines is 2. The summed E-state index contributed by atoms with van der Waals surface area (Å²) in [6, 6.07) is 11.7. The fraction of sp³-hybridized carbons (Fsp3) is 0.222. The zero-order chi connectivity index (χ0) is 15.6. The number of nitrogens with one attached hydrogen (secondary N) is 1. The van der Waals surface area contributed by atoms with E-state index in [1.54, 1.807) is 0 Å². The third kappa shape index (κ3) is 2.71.